The Morgan fingerprint density at radius 2 is 2.04 bits per heavy atom. The lowest BCUT2D eigenvalue weighted by molar-refractivity contribution is -0.152. The van der Waals surface area contributed by atoms with E-state index in [0.29, 0.717) is 19.3 Å². The SMILES string of the molecule is C=C1CCC2[C@](C)(CO)[C@H](O)CC[C@@]2(C)[C@@H]1CC(C1=CCOC1=O)S(=O)(=O)O. The third-order valence-electron chi connectivity index (χ3n) is 7.60. The zero-order valence-electron chi connectivity index (χ0n) is 16.4. The van der Waals surface area contributed by atoms with Crippen LogP contribution in [0, 0.1) is 22.7 Å². The van der Waals surface area contributed by atoms with Gasteiger partial charge >= 0.3 is 5.97 Å². The maximum absolute atomic E-state index is 12.1. The van der Waals surface area contributed by atoms with Gasteiger partial charge in [-0.3, -0.25) is 4.55 Å². The second-order valence-corrected chi connectivity index (χ2v) is 10.6. The third kappa shape index (κ3) is 3.34. The minimum absolute atomic E-state index is 0.000465. The van der Waals surface area contributed by atoms with Gasteiger partial charge in [-0.05, 0) is 55.4 Å². The lowest BCUT2D eigenvalue weighted by Crippen LogP contribution is -2.57. The first-order valence-corrected chi connectivity index (χ1v) is 11.3. The minimum atomic E-state index is -4.52. The second-order valence-electron chi connectivity index (χ2n) is 9.02. The molecule has 1 heterocycles. The van der Waals surface area contributed by atoms with Crippen molar-refractivity contribution in [2.75, 3.05) is 13.2 Å². The average Bonchev–Trinajstić information content (AvgIpc) is 3.02. The summed E-state index contributed by atoms with van der Waals surface area (Å²) < 4.78 is 39.0. The molecule has 1 aliphatic heterocycles. The smallest absolute Gasteiger partial charge is 0.335 e. The van der Waals surface area contributed by atoms with E-state index < -0.39 is 38.3 Å². The van der Waals surface area contributed by atoms with E-state index in [0.717, 1.165) is 12.0 Å². The molecule has 2 aliphatic carbocycles. The van der Waals surface area contributed by atoms with Crippen LogP contribution in [0.25, 0.3) is 0 Å². The van der Waals surface area contributed by atoms with Crippen LogP contribution in [-0.2, 0) is 19.6 Å². The zero-order valence-corrected chi connectivity index (χ0v) is 17.2. The number of hydrogen-bond acceptors (Lipinski definition) is 6. The van der Waals surface area contributed by atoms with Crippen LogP contribution in [0.2, 0.25) is 0 Å². The molecule has 158 valence electrons. The van der Waals surface area contributed by atoms with Gasteiger partial charge in [-0.2, -0.15) is 8.42 Å². The molecule has 3 aliphatic rings. The Balaban J connectivity index is 1.99. The molecule has 2 unspecified atom stereocenters. The Kier molecular flexibility index (Phi) is 5.55. The lowest BCUT2D eigenvalue weighted by atomic mass is 9.46. The quantitative estimate of drug-likeness (QED) is 0.357. The highest BCUT2D eigenvalue weighted by atomic mass is 32.2. The first-order valence-electron chi connectivity index (χ1n) is 9.75. The number of ether oxygens (including phenoxy) is 1. The zero-order chi connectivity index (χ0) is 20.9. The number of fused-ring (bicyclic) bond motifs is 1. The van der Waals surface area contributed by atoms with Gasteiger partial charge in [0.25, 0.3) is 10.1 Å². The molecule has 0 aromatic heterocycles. The minimum Gasteiger partial charge on any atom is -0.458 e. The molecule has 28 heavy (non-hydrogen) atoms. The number of aliphatic hydroxyl groups is 2. The van der Waals surface area contributed by atoms with Crippen molar-refractivity contribution in [3.05, 3.63) is 23.8 Å². The van der Waals surface area contributed by atoms with Crippen LogP contribution in [0.3, 0.4) is 0 Å². The van der Waals surface area contributed by atoms with Crippen molar-refractivity contribution in [1.82, 2.24) is 0 Å². The standard InChI is InChI=1S/C20H30O7S/c1-12-4-5-16-19(2,8-6-17(22)20(16,3)11-21)14(12)10-15(28(24,25)26)13-7-9-27-18(13)23/h7,14-17,21-22H,1,4-6,8-11H2,2-3H3,(H,24,25,26)/t14-,15?,16?,17-,19+,20+/m1/s1. The molecule has 3 N–H and O–H groups in total. The highest BCUT2D eigenvalue weighted by Gasteiger charge is 2.58. The number of carbonyl (C=O) groups excluding carboxylic acids is 1. The maximum atomic E-state index is 12.1. The van der Waals surface area contributed by atoms with Crippen LogP contribution >= 0.6 is 0 Å². The summed E-state index contributed by atoms with van der Waals surface area (Å²) in [6.45, 7) is 7.94. The number of cyclic esters (lactones) is 1. The number of aliphatic hydroxyl groups excluding tert-OH is 2. The van der Waals surface area contributed by atoms with Crippen LogP contribution in [0.15, 0.2) is 23.8 Å². The maximum Gasteiger partial charge on any atom is 0.335 e. The number of hydrogen-bond donors (Lipinski definition) is 3. The van der Waals surface area contributed by atoms with Crippen LogP contribution in [0.5, 0.6) is 0 Å². The largest absolute Gasteiger partial charge is 0.458 e. The summed E-state index contributed by atoms with van der Waals surface area (Å²) in [7, 11) is -4.52. The molecular formula is C20H30O7S. The Bertz CT molecular complexity index is 801. The van der Waals surface area contributed by atoms with Gasteiger partial charge in [-0.15, -0.1) is 0 Å². The molecule has 0 aromatic rings. The second kappa shape index (κ2) is 7.23. The summed E-state index contributed by atoms with van der Waals surface area (Å²) in [6, 6.07) is 0. The van der Waals surface area contributed by atoms with E-state index >= 15 is 0 Å². The van der Waals surface area contributed by atoms with Crippen molar-refractivity contribution in [3.8, 4) is 0 Å². The molecule has 7 nitrogen and oxygen atoms in total. The van der Waals surface area contributed by atoms with E-state index in [-0.39, 0.29) is 37.0 Å². The third-order valence-corrected chi connectivity index (χ3v) is 8.77. The van der Waals surface area contributed by atoms with Crippen molar-refractivity contribution >= 4 is 16.1 Å². The highest BCUT2D eigenvalue weighted by molar-refractivity contribution is 7.86. The van der Waals surface area contributed by atoms with Gasteiger partial charge in [0.2, 0.25) is 0 Å². The van der Waals surface area contributed by atoms with Crippen molar-refractivity contribution < 1.29 is 32.7 Å². The van der Waals surface area contributed by atoms with Crippen molar-refractivity contribution in [2.24, 2.45) is 22.7 Å². The average molecular weight is 415 g/mol. The highest BCUT2D eigenvalue weighted by Crippen LogP contribution is 2.62. The Morgan fingerprint density at radius 1 is 1.36 bits per heavy atom. The molecule has 0 amide bonds. The summed E-state index contributed by atoms with van der Waals surface area (Å²) in [5, 5.41) is 19.3. The molecule has 2 fully saturated rings. The van der Waals surface area contributed by atoms with Gasteiger partial charge < -0.3 is 14.9 Å². The van der Waals surface area contributed by atoms with Gasteiger partial charge in [-0.1, -0.05) is 26.0 Å². The van der Waals surface area contributed by atoms with Crippen LogP contribution in [0.4, 0.5) is 0 Å². The molecule has 0 saturated heterocycles. The Morgan fingerprint density at radius 3 is 2.57 bits per heavy atom. The normalized spacial score (nSPS) is 39.9. The molecule has 2 saturated carbocycles. The van der Waals surface area contributed by atoms with E-state index in [1.807, 2.05) is 6.92 Å². The summed E-state index contributed by atoms with van der Waals surface area (Å²) >= 11 is 0. The van der Waals surface area contributed by atoms with Crippen LogP contribution in [0.1, 0.15) is 46.0 Å². The van der Waals surface area contributed by atoms with E-state index in [1.54, 1.807) is 0 Å². The molecule has 8 heteroatoms. The van der Waals surface area contributed by atoms with E-state index in [2.05, 4.69) is 13.5 Å². The fourth-order valence-corrected chi connectivity index (χ4v) is 6.84. The van der Waals surface area contributed by atoms with Gasteiger partial charge in [0.1, 0.15) is 11.9 Å². The number of esters is 1. The van der Waals surface area contributed by atoms with Gasteiger partial charge in [0, 0.05) is 5.41 Å². The van der Waals surface area contributed by atoms with E-state index in [4.69, 9.17) is 4.74 Å². The summed E-state index contributed by atoms with van der Waals surface area (Å²) in [5.41, 5.74) is -0.235. The topological polar surface area (TPSA) is 121 Å². The molecule has 3 rings (SSSR count). The van der Waals surface area contributed by atoms with Gasteiger partial charge in [0.05, 0.1) is 18.3 Å². The first kappa shape index (κ1) is 21.5. The van der Waals surface area contributed by atoms with E-state index in [9.17, 15) is 28.0 Å². The summed E-state index contributed by atoms with van der Waals surface area (Å²) in [5.74, 6) is -1.02. The molecule has 0 radical (unpaired) electrons. The molecule has 0 bridgehead atoms. The predicted octanol–water partition coefficient (Wildman–Crippen LogP) is 1.86. The summed E-state index contributed by atoms with van der Waals surface area (Å²) in [6.07, 6.45) is 3.36. The number of carbonyl (C=O) groups is 1. The van der Waals surface area contributed by atoms with Crippen molar-refractivity contribution in [3.63, 3.8) is 0 Å². The van der Waals surface area contributed by atoms with E-state index in [1.165, 1.54) is 6.08 Å². The molecule has 0 spiro atoms. The Labute approximate surface area is 166 Å². The first-order chi connectivity index (χ1) is 12.9. The molecule has 6 atom stereocenters. The van der Waals surface area contributed by atoms with Crippen LogP contribution in [-0.4, -0.2) is 53.7 Å². The van der Waals surface area contributed by atoms with Crippen molar-refractivity contribution in [1.29, 1.82) is 0 Å². The molecular weight excluding hydrogens is 384 g/mol. The predicted molar refractivity (Wildman–Crippen MR) is 103 cm³/mol. The fourth-order valence-electron chi connectivity index (χ4n) is 5.90. The van der Waals surface area contributed by atoms with Crippen LogP contribution < -0.4 is 0 Å². The lowest BCUT2D eigenvalue weighted by Gasteiger charge is -2.60. The Hall–Kier alpha value is -1.22. The number of allylic oxidation sites excluding steroid dienone is 1. The van der Waals surface area contributed by atoms with Crippen molar-refractivity contribution in [2.45, 2.75) is 57.3 Å². The number of rotatable bonds is 5. The van der Waals surface area contributed by atoms with Gasteiger partial charge in [0.15, 0.2) is 0 Å². The fraction of sp³-hybridized carbons (Fsp3) is 0.750. The monoisotopic (exact) mass is 414 g/mol. The summed E-state index contributed by atoms with van der Waals surface area (Å²) in [4.78, 5) is 12.0. The van der Waals surface area contributed by atoms with Gasteiger partial charge in [-0.25, -0.2) is 4.79 Å². The molecule has 0 aromatic carbocycles.